The van der Waals surface area contributed by atoms with Crippen molar-refractivity contribution in [3.05, 3.63) is 66.0 Å². The van der Waals surface area contributed by atoms with Crippen LogP contribution in [0.1, 0.15) is 11.1 Å². The fourth-order valence-electron chi connectivity index (χ4n) is 2.86. The summed E-state index contributed by atoms with van der Waals surface area (Å²) in [5.41, 5.74) is 2.30. The van der Waals surface area contributed by atoms with E-state index in [2.05, 4.69) is 20.6 Å². The Morgan fingerprint density at radius 2 is 1.41 bits per heavy atom. The molecule has 1 aromatic heterocycles. The molecule has 0 aliphatic heterocycles. The second-order valence-corrected chi connectivity index (χ2v) is 6.36. The van der Waals surface area contributed by atoms with Crippen LogP contribution in [0.5, 0.6) is 17.2 Å². The molecule has 0 saturated carbocycles. The van der Waals surface area contributed by atoms with Crippen molar-refractivity contribution in [2.75, 3.05) is 38.5 Å². The Bertz CT molecular complexity index is 916. The van der Waals surface area contributed by atoms with Gasteiger partial charge in [-0.05, 0) is 41.8 Å². The zero-order valence-corrected chi connectivity index (χ0v) is 16.9. The van der Waals surface area contributed by atoms with Crippen LogP contribution in [-0.2, 0) is 13.0 Å². The van der Waals surface area contributed by atoms with E-state index in [-0.39, 0.29) is 0 Å². The zero-order valence-electron chi connectivity index (χ0n) is 16.9. The maximum Gasteiger partial charge on any atom is 0.160 e. The Morgan fingerprint density at radius 1 is 0.724 bits per heavy atom. The van der Waals surface area contributed by atoms with Crippen LogP contribution >= 0.6 is 0 Å². The van der Waals surface area contributed by atoms with Crippen LogP contribution in [0.4, 0.5) is 11.6 Å². The predicted octanol–water partition coefficient (Wildman–Crippen LogP) is 3.77. The van der Waals surface area contributed by atoms with E-state index in [0.29, 0.717) is 6.54 Å². The summed E-state index contributed by atoms with van der Waals surface area (Å²) in [5.74, 6) is 3.85. The third kappa shape index (κ3) is 5.75. The predicted molar refractivity (Wildman–Crippen MR) is 114 cm³/mol. The molecule has 0 radical (unpaired) electrons. The van der Waals surface area contributed by atoms with Gasteiger partial charge < -0.3 is 24.8 Å². The average molecular weight is 394 g/mol. The molecule has 29 heavy (non-hydrogen) atoms. The highest BCUT2D eigenvalue weighted by atomic mass is 16.5. The highest BCUT2D eigenvalue weighted by Gasteiger charge is 2.05. The molecule has 1 heterocycles. The number of aromatic nitrogens is 2. The number of anilines is 2. The minimum absolute atomic E-state index is 0.673. The molecule has 3 aromatic rings. The molecule has 152 valence electrons. The number of benzene rings is 2. The van der Waals surface area contributed by atoms with E-state index in [1.807, 2.05) is 48.5 Å². The summed E-state index contributed by atoms with van der Waals surface area (Å²) >= 11 is 0. The van der Waals surface area contributed by atoms with Crippen LogP contribution < -0.4 is 24.8 Å². The normalized spacial score (nSPS) is 10.3. The lowest BCUT2D eigenvalue weighted by Crippen LogP contribution is -2.08. The van der Waals surface area contributed by atoms with Gasteiger partial charge in [-0.15, -0.1) is 0 Å². The summed E-state index contributed by atoms with van der Waals surface area (Å²) < 4.78 is 15.8. The maximum absolute atomic E-state index is 5.35. The Balaban J connectivity index is 1.51. The maximum atomic E-state index is 5.35. The molecular formula is C22H26N4O3. The number of nitrogens with one attached hydrogen (secondary N) is 2. The van der Waals surface area contributed by atoms with Crippen LogP contribution in [0.3, 0.4) is 0 Å². The van der Waals surface area contributed by atoms with E-state index < -0.39 is 0 Å². The molecule has 0 saturated heterocycles. The van der Waals surface area contributed by atoms with Crippen molar-refractivity contribution < 1.29 is 14.2 Å². The minimum Gasteiger partial charge on any atom is -0.497 e. The lowest BCUT2D eigenvalue weighted by molar-refractivity contribution is 0.354. The summed E-state index contributed by atoms with van der Waals surface area (Å²) in [4.78, 5) is 8.56. The van der Waals surface area contributed by atoms with E-state index in [0.717, 1.165) is 53.0 Å². The van der Waals surface area contributed by atoms with E-state index in [1.54, 1.807) is 27.7 Å². The van der Waals surface area contributed by atoms with Gasteiger partial charge in [-0.2, -0.15) is 0 Å². The second kappa shape index (κ2) is 10.2. The third-order valence-electron chi connectivity index (χ3n) is 4.47. The molecule has 0 fully saturated rings. The summed E-state index contributed by atoms with van der Waals surface area (Å²) in [7, 11) is 4.93. The van der Waals surface area contributed by atoms with Crippen LogP contribution in [0.2, 0.25) is 0 Å². The first-order valence-electron chi connectivity index (χ1n) is 9.35. The molecule has 7 nitrogen and oxygen atoms in total. The molecule has 0 aliphatic rings. The lowest BCUT2D eigenvalue weighted by Gasteiger charge is -2.11. The first kappa shape index (κ1) is 20.3. The smallest absolute Gasteiger partial charge is 0.160 e. The fraction of sp³-hybridized carbons (Fsp3) is 0.273. The quantitative estimate of drug-likeness (QED) is 0.542. The standard InChI is InChI=1S/C22H26N4O3/c1-27-18-7-4-17(5-8-18)14-24-22-13-21(25-15-26-22)23-11-10-16-6-9-19(28-2)20(12-16)29-3/h4-9,12-13,15H,10-11,14H2,1-3H3,(H2,23,24,25,26). The number of methoxy groups -OCH3 is 3. The van der Waals surface area contributed by atoms with Crippen LogP contribution in [0, 0.1) is 0 Å². The van der Waals surface area contributed by atoms with E-state index in [9.17, 15) is 0 Å². The molecule has 0 atom stereocenters. The van der Waals surface area contributed by atoms with Gasteiger partial charge in [0, 0.05) is 19.2 Å². The number of nitrogens with zero attached hydrogens (tertiary/aromatic N) is 2. The minimum atomic E-state index is 0.673. The van der Waals surface area contributed by atoms with Gasteiger partial charge in [-0.1, -0.05) is 18.2 Å². The molecule has 3 rings (SSSR count). The van der Waals surface area contributed by atoms with Crippen molar-refractivity contribution in [1.29, 1.82) is 0 Å². The average Bonchev–Trinajstić information content (AvgIpc) is 2.78. The number of ether oxygens (including phenoxy) is 3. The SMILES string of the molecule is COc1ccc(CNc2cc(NCCc3ccc(OC)c(OC)c3)ncn2)cc1. The van der Waals surface area contributed by atoms with Gasteiger partial charge in [0.25, 0.3) is 0 Å². The summed E-state index contributed by atoms with van der Waals surface area (Å²) in [6.07, 6.45) is 2.38. The molecule has 0 bridgehead atoms. The van der Waals surface area contributed by atoms with Gasteiger partial charge in [0.1, 0.15) is 23.7 Å². The van der Waals surface area contributed by atoms with Gasteiger partial charge >= 0.3 is 0 Å². The Labute approximate surface area is 171 Å². The Kier molecular flexibility index (Phi) is 7.10. The first-order valence-corrected chi connectivity index (χ1v) is 9.35. The fourth-order valence-corrected chi connectivity index (χ4v) is 2.86. The highest BCUT2D eigenvalue weighted by Crippen LogP contribution is 2.27. The van der Waals surface area contributed by atoms with Crippen molar-refractivity contribution in [2.24, 2.45) is 0 Å². The third-order valence-corrected chi connectivity index (χ3v) is 4.47. The van der Waals surface area contributed by atoms with E-state index in [4.69, 9.17) is 14.2 Å². The topological polar surface area (TPSA) is 77.5 Å². The van der Waals surface area contributed by atoms with Crippen molar-refractivity contribution in [2.45, 2.75) is 13.0 Å². The molecule has 0 amide bonds. The van der Waals surface area contributed by atoms with Crippen LogP contribution in [0.25, 0.3) is 0 Å². The molecule has 0 unspecified atom stereocenters. The van der Waals surface area contributed by atoms with Crippen LogP contribution in [0.15, 0.2) is 54.9 Å². The first-order chi connectivity index (χ1) is 14.2. The zero-order chi connectivity index (χ0) is 20.5. The molecule has 2 aromatic carbocycles. The Hall–Kier alpha value is -3.48. The molecule has 7 heteroatoms. The van der Waals surface area contributed by atoms with Crippen molar-refractivity contribution in [1.82, 2.24) is 9.97 Å². The molecule has 0 aliphatic carbocycles. The van der Waals surface area contributed by atoms with Crippen molar-refractivity contribution in [3.8, 4) is 17.2 Å². The van der Waals surface area contributed by atoms with Crippen LogP contribution in [-0.4, -0.2) is 37.8 Å². The summed E-state index contributed by atoms with van der Waals surface area (Å²) in [6, 6.07) is 15.8. The van der Waals surface area contributed by atoms with E-state index in [1.165, 1.54) is 0 Å². The largest absolute Gasteiger partial charge is 0.497 e. The van der Waals surface area contributed by atoms with Gasteiger partial charge in [-0.25, -0.2) is 9.97 Å². The molecular weight excluding hydrogens is 368 g/mol. The molecule has 2 N–H and O–H groups in total. The van der Waals surface area contributed by atoms with Gasteiger partial charge in [0.15, 0.2) is 11.5 Å². The monoisotopic (exact) mass is 394 g/mol. The highest BCUT2D eigenvalue weighted by molar-refractivity contribution is 5.47. The van der Waals surface area contributed by atoms with E-state index >= 15 is 0 Å². The Morgan fingerprint density at radius 3 is 2.10 bits per heavy atom. The lowest BCUT2D eigenvalue weighted by atomic mass is 10.1. The van der Waals surface area contributed by atoms with Gasteiger partial charge in [-0.3, -0.25) is 0 Å². The van der Waals surface area contributed by atoms with Gasteiger partial charge in [0.05, 0.1) is 21.3 Å². The molecule has 0 spiro atoms. The number of hydrogen-bond acceptors (Lipinski definition) is 7. The summed E-state index contributed by atoms with van der Waals surface area (Å²) in [6.45, 7) is 1.41. The number of rotatable bonds is 10. The van der Waals surface area contributed by atoms with Crippen molar-refractivity contribution in [3.63, 3.8) is 0 Å². The summed E-state index contributed by atoms with van der Waals surface area (Å²) in [5, 5.41) is 6.65. The second-order valence-electron chi connectivity index (χ2n) is 6.36. The number of hydrogen-bond donors (Lipinski definition) is 2. The van der Waals surface area contributed by atoms with Crippen molar-refractivity contribution >= 4 is 11.6 Å². The van der Waals surface area contributed by atoms with Gasteiger partial charge in [0.2, 0.25) is 0 Å².